The van der Waals surface area contributed by atoms with Crippen LogP contribution < -0.4 is 5.32 Å². The van der Waals surface area contributed by atoms with Gasteiger partial charge in [0.05, 0.1) is 4.99 Å². The molecular formula is C6H11NS. The Bertz CT molecular complexity index is 86.7. The maximum absolute atomic E-state index is 4.75. The Kier molecular flexibility index (Phi) is 4.56. The highest BCUT2D eigenvalue weighted by Gasteiger charge is 1.92. The number of thiocarbonyl (C=S) groups is 1. The van der Waals surface area contributed by atoms with Crippen LogP contribution in [0.5, 0.6) is 0 Å². The van der Waals surface area contributed by atoms with Gasteiger partial charge in [0.15, 0.2) is 0 Å². The van der Waals surface area contributed by atoms with Crippen molar-refractivity contribution in [3.05, 3.63) is 12.3 Å². The Morgan fingerprint density at radius 3 is 2.38 bits per heavy atom. The van der Waals surface area contributed by atoms with E-state index in [1.807, 2.05) is 26.1 Å². The summed E-state index contributed by atoms with van der Waals surface area (Å²) in [5.41, 5.74) is 0. The third kappa shape index (κ3) is 2.75. The molecule has 0 bridgehead atoms. The molecule has 0 aliphatic carbocycles. The van der Waals surface area contributed by atoms with E-state index in [0.29, 0.717) is 0 Å². The highest BCUT2D eigenvalue weighted by molar-refractivity contribution is 7.80. The molecule has 0 unspecified atom stereocenters. The van der Waals surface area contributed by atoms with E-state index in [2.05, 4.69) is 5.32 Å². The molecule has 1 heterocycles. The van der Waals surface area contributed by atoms with E-state index in [-0.39, 0.29) is 0 Å². The normalized spacial score (nSPS) is 14.5. The molecule has 46 valence electrons. The molecule has 0 saturated carbocycles. The number of hydrogen-bond donors (Lipinski definition) is 1. The van der Waals surface area contributed by atoms with Crippen LogP contribution >= 0.6 is 12.2 Å². The van der Waals surface area contributed by atoms with Gasteiger partial charge in [0.1, 0.15) is 0 Å². The smallest absolute Gasteiger partial charge is 0.0831 e. The maximum Gasteiger partial charge on any atom is 0.0831 e. The van der Waals surface area contributed by atoms with Gasteiger partial charge >= 0.3 is 0 Å². The third-order valence-electron chi connectivity index (χ3n) is 0.665. The average molecular weight is 129 g/mol. The highest BCUT2D eigenvalue weighted by atomic mass is 32.1. The van der Waals surface area contributed by atoms with Gasteiger partial charge in [0.25, 0.3) is 0 Å². The molecule has 0 atom stereocenters. The SMILES string of the molecule is CC.S=C1CC=CN1. The van der Waals surface area contributed by atoms with Gasteiger partial charge in [0, 0.05) is 6.42 Å². The summed E-state index contributed by atoms with van der Waals surface area (Å²) in [7, 11) is 0. The molecule has 1 rings (SSSR count). The summed E-state index contributed by atoms with van der Waals surface area (Å²) in [5.74, 6) is 0. The topological polar surface area (TPSA) is 12.0 Å². The third-order valence-corrected chi connectivity index (χ3v) is 0.950. The minimum absolute atomic E-state index is 0.926. The Morgan fingerprint density at radius 1 is 1.62 bits per heavy atom. The first-order valence-electron chi connectivity index (χ1n) is 2.84. The Hall–Kier alpha value is -0.370. The summed E-state index contributed by atoms with van der Waals surface area (Å²) in [6.45, 7) is 4.00. The molecule has 0 spiro atoms. The lowest BCUT2D eigenvalue weighted by Gasteiger charge is -1.83. The summed E-state index contributed by atoms with van der Waals surface area (Å²) < 4.78 is 0. The Balaban J connectivity index is 0.000000222. The number of rotatable bonds is 0. The van der Waals surface area contributed by atoms with Crippen LogP contribution in [0.2, 0.25) is 0 Å². The van der Waals surface area contributed by atoms with E-state index in [1.54, 1.807) is 0 Å². The second kappa shape index (κ2) is 4.78. The predicted octanol–water partition coefficient (Wildman–Crippen LogP) is 1.85. The van der Waals surface area contributed by atoms with E-state index >= 15 is 0 Å². The molecule has 1 aliphatic heterocycles. The van der Waals surface area contributed by atoms with Crippen LogP contribution in [0.3, 0.4) is 0 Å². The lowest BCUT2D eigenvalue weighted by molar-refractivity contribution is 1.34. The summed E-state index contributed by atoms with van der Waals surface area (Å²) >= 11 is 4.75. The van der Waals surface area contributed by atoms with Crippen molar-refractivity contribution in [3.63, 3.8) is 0 Å². The van der Waals surface area contributed by atoms with Gasteiger partial charge < -0.3 is 5.32 Å². The fourth-order valence-corrected chi connectivity index (χ4v) is 0.541. The lowest BCUT2D eigenvalue weighted by Crippen LogP contribution is -2.05. The molecule has 0 aromatic heterocycles. The maximum atomic E-state index is 4.75. The molecule has 0 saturated heterocycles. The van der Waals surface area contributed by atoms with E-state index < -0.39 is 0 Å². The number of hydrogen-bond acceptors (Lipinski definition) is 1. The van der Waals surface area contributed by atoms with Crippen molar-refractivity contribution in [3.8, 4) is 0 Å². The first-order valence-corrected chi connectivity index (χ1v) is 3.25. The second-order valence-electron chi connectivity index (χ2n) is 1.17. The summed E-state index contributed by atoms with van der Waals surface area (Å²) in [6, 6.07) is 0. The van der Waals surface area contributed by atoms with Crippen LogP contribution in [-0.2, 0) is 0 Å². The van der Waals surface area contributed by atoms with Crippen molar-refractivity contribution in [2.24, 2.45) is 0 Å². The monoisotopic (exact) mass is 129 g/mol. The first kappa shape index (κ1) is 7.63. The largest absolute Gasteiger partial charge is 0.356 e. The van der Waals surface area contributed by atoms with Crippen molar-refractivity contribution in [1.29, 1.82) is 0 Å². The zero-order chi connectivity index (χ0) is 6.41. The van der Waals surface area contributed by atoms with E-state index in [0.717, 1.165) is 11.4 Å². The fraction of sp³-hybridized carbons (Fsp3) is 0.500. The molecule has 2 heteroatoms. The molecule has 0 fully saturated rings. The van der Waals surface area contributed by atoms with E-state index in [9.17, 15) is 0 Å². The van der Waals surface area contributed by atoms with Gasteiger partial charge in [-0.05, 0) is 6.20 Å². The second-order valence-corrected chi connectivity index (χ2v) is 1.67. The first-order chi connectivity index (χ1) is 3.89. The molecule has 1 aliphatic rings. The van der Waals surface area contributed by atoms with Gasteiger partial charge in [-0.15, -0.1) is 0 Å². The van der Waals surface area contributed by atoms with Gasteiger partial charge in [-0.25, -0.2) is 0 Å². The van der Waals surface area contributed by atoms with Crippen LogP contribution in [0, 0.1) is 0 Å². The van der Waals surface area contributed by atoms with Crippen molar-refractivity contribution >= 4 is 17.2 Å². The zero-order valence-electron chi connectivity index (χ0n) is 5.27. The predicted molar refractivity (Wildman–Crippen MR) is 40.8 cm³/mol. The van der Waals surface area contributed by atoms with Crippen LogP contribution in [0.25, 0.3) is 0 Å². The summed E-state index contributed by atoms with van der Waals surface area (Å²) in [6.07, 6.45) is 4.79. The van der Waals surface area contributed by atoms with Crippen LogP contribution in [0.4, 0.5) is 0 Å². The molecule has 1 nitrogen and oxygen atoms in total. The molecule has 8 heavy (non-hydrogen) atoms. The molecule has 1 N–H and O–H groups in total. The van der Waals surface area contributed by atoms with Crippen molar-refractivity contribution in [1.82, 2.24) is 5.32 Å². The Labute approximate surface area is 55.8 Å². The molecule has 0 radical (unpaired) electrons. The van der Waals surface area contributed by atoms with Gasteiger partial charge in [-0.3, -0.25) is 0 Å². The van der Waals surface area contributed by atoms with Crippen molar-refractivity contribution in [2.75, 3.05) is 0 Å². The van der Waals surface area contributed by atoms with E-state index in [4.69, 9.17) is 12.2 Å². The molecular weight excluding hydrogens is 118 g/mol. The summed E-state index contributed by atoms with van der Waals surface area (Å²) in [5, 5.41) is 2.87. The van der Waals surface area contributed by atoms with E-state index in [1.165, 1.54) is 0 Å². The van der Waals surface area contributed by atoms with Gasteiger partial charge in [0.2, 0.25) is 0 Å². The van der Waals surface area contributed by atoms with Gasteiger partial charge in [-0.1, -0.05) is 32.1 Å². The molecule has 0 amide bonds. The minimum Gasteiger partial charge on any atom is -0.356 e. The van der Waals surface area contributed by atoms with Crippen LogP contribution in [0.1, 0.15) is 20.3 Å². The summed E-state index contributed by atoms with van der Waals surface area (Å²) in [4.78, 5) is 0.926. The molecule has 0 aromatic rings. The standard InChI is InChI=1S/C4H5NS.C2H6/c6-4-2-1-3-5-4;1-2/h1,3H,2H2,(H,5,6);1-2H3. The van der Waals surface area contributed by atoms with Gasteiger partial charge in [-0.2, -0.15) is 0 Å². The van der Waals surface area contributed by atoms with Crippen LogP contribution in [0.15, 0.2) is 12.3 Å². The zero-order valence-corrected chi connectivity index (χ0v) is 6.09. The number of nitrogens with one attached hydrogen (secondary N) is 1. The fourth-order valence-electron chi connectivity index (χ4n) is 0.377. The highest BCUT2D eigenvalue weighted by Crippen LogP contribution is 1.91. The van der Waals surface area contributed by atoms with Crippen molar-refractivity contribution < 1.29 is 0 Å². The quantitative estimate of drug-likeness (QED) is 0.501. The van der Waals surface area contributed by atoms with Crippen molar-refractivity contribution in [2.45, 2.75) is 20.3 Å². The minimum atomic E-state index is 0.926. The van der Waals surface area contributed by atoms with Crippen LogP contribution in [-0.4, -0.2) is 4.99 Å². The lowest BCUT2D eigenvalue weighted by atomic mass is 10.5. The average Bonchev–Trinajstić information content (AvgIpc) is 2.24. The Morgan fingerprint density at radius 2 is 2.25 bits per heavy atom. The molecule has 0 aromatic carbocycles.